The average molecular weight is 361 g/mol. The second-order valence-corrected chi connectivity index (χ2v) is 6.16. The van der Waals surface area contributed by atoms with Crippen LogP contribution < -0.4 is 11.1 Å². The molecule has 0 bridgehead atoms. The Kier molecular flexibility index (Phi) is 4.51. The molecule has 6 heteroatoms. The number of halogens is 2. The van der Waals surface area contributed by atoms with Crippen LogP contribution in [0, 0.1) is 6.92 Å². The van der Waals surface area contributed by atoms with Crippen LogP contribution in [0.25, 0.3) is 11.3 Å². The molecule has 0 saturated heterocycles. The van der Waals surface area contributed by atoms with Crippen LogP contribution >= 0.6 is 23.2 Å². The molecule has 4 nitrogen and oxygen atoms in total. The van der Waals surface area contributed by atoms with Crippen LogP contribution in [-0.4, -0.2) is 5.91 Å². The molecule has 0 aliphatic carbocycles. The molecule has 0 fully saturated rings. The van der Waals surface area contributed by atoms with E-state index in [4.69, 9.17) is 33.4 Å². The predicted molar refractivity (Wildman–Crippen MR) is 97.7 cm³/mol. The summed E-state index contributed by atoms with van der Waals surface area (Å²) in [5.74, 6) is 0.297. The largest absolute Gasteiger partial charge is 0.451 e. The number of rotatable bonds is 3. The van der Waals surface area contributed by atoms with Gasteiger partial charge in [-0.15, -0.1) is 0 Å². The Morgan fingerprint density at radius 3 is 2.62 bits per heavy atom. The van der Waals surface area contributed by atoms with E-state index in [0.717, 1.165) is 5.56 Å². The van der Waals surface area contributed by atoms with Crippen LogP contribution in [0.15, 0.2) is 52.9 Å². The predicted octanol–water partition coefficient (Wildman–Crippen LogP) is 5.40. The van der Waals surface area contributed by atoms with Gasteiger partial charge in [0.05, 0.1) is 5.02 Å². The molecule has 1 aromatic heterocycles. The van der Waals surface area contributed by atoms with Crippen molar-refractivity contribution in [3.05, 3.63) is 69.9 Å². The molecule has 3 rings (SSSR count). The van der Waals surface area contributed by atoms with Gasteiger partial charge >= 0.3 is 0 Å². The minimum absolute atomic E-state index is 0.178. The molecule has 3 aromatic rings. The summed E-state index contributed by atoms with van der Waals surface area (Å²) in [5.41, 5.74) is 8.52. The molecule has 0 aliphatic heterocycles. The molecular weight excluding hydrogens is 347 g/mol. The van der Waals surface area contributed by atoms with Crippen LogP contribution in [0.3, 0.4) is 0 Å². The highest BCUT2D eigenvalue weighted by atomic mass is 35.5. The van der Waals surface area contributed by atoms with E-state index in [-0.39, 0.29) is 11.7 Å². The van der Waals surface area contributed by atoms with Gasteiger partial charge in [-0.2, -0.15) is 0 Å². The van der Waals surface area contributed by atoms with E-state index in [1.165, 1.54) is 0 Å². The van der Waals surface area contributed by atoms with E-state index < -0.39 is 0 Å². The van der Waals surface area contributed by atoms with Gasteiger partial charge < -0.3 is 15.5 Å². The van der Waals surface area contributed by atoms with Crippen molar-refractivity contribution in [3.8, 4) is 11.3 Å². The molecule has 0 saturated carbocycles. The number of carbonyl (C=O) groups excluding carboxylic acids is 1. The summed E-state index contributed by atoms with van der Waals surface area (Å²) in [6, 6.07) is 13.6. The zero-order valence-corrected chi connectivity index (χ0v) is 14.3. The fourth-order valence-corrected chi connectivity index (χ4v) is 2.68. The molecule has 0 atom stereocenters. The molecule has 0 unspecified atom stereocenters. The SMILES string of the molecule is Cc1cc(N)ccc1NC(=O)c1ccc(-c2cc(Cl)ccc2Cl)o1. The highest BCUT2D eigenvalue weighted by Crippen LogP contribution is 2.32. The van der Waals surface area contributed by atoms with Crippen molar-refractivity contribution in [2.24, 2.45) is 0 Å². The van der Waals surface area contributed by atoms with E-state index >= 15 is 0 Å². The first-order valence-corrected chi connectivity index (χ1v) is 7.92. The van der Waals surface area contributed by atoms with E-state index in [0.29, 0.717) is 32.7 Å². The van der Waals surface area contributed by atoms with E-state index in [9.17, 15) is 4.79 Å². The first kappa shape index (κ1) is 16.4. The highest BCUT2D eigenvalue weighted by Gasteiger charge is 2.15. The average Bonchev–Trinajstić information content (AvgIpc) is 3.02. The van der Waals surface area contributed by atoms with Gasteiger partial charge in [0.15, 0.2) is 5.76 Å². The number of aryl methyl sites for hydroxylation is 1. The molecule has 2 aromatic carbocycles. The summed E-state index contributed by atoms with van der Waals surface area (Å²) < 4.78 is 5.62. The molecule has 1 heterocycles. The lowest BCUT2D eigenvalue weighted by Gasteiger charge is -2.07. The second kappa shape index (κ2) is 6.59. The van der Waals surface area contributed by atoms with Gasteiger partial charge in [-0.05, 0) is 61.0 Å². The Bertz CT molecular complexity index is 919. The lowest BCUT2D eigenvalue weighted by molar-refractivity contribution is 0.0997. The monoisotopic (exact) mass is 360 g/mol. The summed E-state index contributed by atoms with van der Waals surface area (Å²) >= 11 is 12.1. The Morgan fingerprint density at radius 2 is 1.88 bits per heavy atom. The van der Waals surface area contributed by atoms with Crippen molar-refractivity contribution in [1.29, 1.82) is 0 Å². The summed E-state index contributed by atoms with van der Waals surface area (Å²) in [7, 11) is 0. The molecule has 0 radical (unpaired) electrons. The van der Waals surface area contributed by atoms with Gasteiger partial charge in [0.25, 0.3) is 5.91 Å². The topological polar surface area (TPSA) is 68.3 Å². The van der Waals surface area contributed by atoms with Crippen LogP contribution in [0.2, 0.25) is 10.0 Å². The van der Waals surface area contributed by atoms with Gasteiger partial charge in [-0.1, -0.05) is 23.2 Å². The summed E-state index contributed by atoms with van der Waals surface area (Å²) in [6.07, 6.45) is 0. The van der Waals surface area contributed by atoms with Crippen molar-refractivity contribution < 1.29 is 9.21 Å². The van der Waals surface area contributed by atoms with Gasteiger partial charge in [-0.25, -0.2) is 0 Å². The number of hydrogen-bond donors (Lipinski definition) is 2. The van der Waals surface area contributed by atoms with Gasteiger partial charge in [-0.3, -0.25) is 4.79 Å². The zero-order valence-electron chi connectivity index (χ0n) is 12.8. The third kappa shape index (κ3) is 3.40. The number of nitrogens with one attached hydrogen (secondary N) is 1. The van der Waals surface area contributed by atoms with Gasteiger partial charge in [0.2, 0.25) is 0 Å². The smallest absolute Gasteiger partial charge is 0.291 e. The first-order valence-electron chi connectivity index (χ1n) is 7.17. The molecule has 24 heavy (non-hydrogen) atoms. The summed E-state index contributed by atoms with van der Waals surface area (Å²) in [4.78, 5) is 12.4. The Labute approximate surface area is 149 Å². The first-order chi connectivity index (χ1) is 11.4. The number of nitrogen functional groups attached to an aromatic ring is 1. The summed E-state index contributed by atoms with van der Waals surface area (Å²) in [5, 5.41) is 3.83. The van der Waals surface area contributed by atoms with E-state index in [2.05, 4.69) is 5.32 Å². The van der Waals surface area contributed by atoms with Crippen LogP contribution in [0.5, 0.6) is 0 Å². The molecule has 3 N–H and O–H groups in total. The maximum Gasteiger partial charge on any atom is 0.291 e. The number of nitrogens with two attached hydrogens (primary N) is 1. The third-order valence-electron chi connectivity index (χ3n) is 3.52. The third-order valence-corrected chi connectivity index (χ3v) is 4.09. The van der Waals surface area contributed by atoms with Crippen LogP contribution in [-0.2, 0) is 0 Å². The molecular formula is C18H14Cl2N2O2. The zero-order chi connectivity index (χ0) is 17.3. The fraction of sp³-hybridized carbons (Fsp3) is 0.0556. The highest BCUT2D eigenvalue weighted by molar-refractivity contribution is 6.35. The Balaban J connectivity index is 1.85. The van der Waals surface area contributed by atoms with Crippen molar-refractivity contribution in [3.63, 3.8) is 0 Å². The van der Waals surface area contributed by atoms with Gasteiger partial charge in [0, 0.05) is 22.0 Å². The van der Waals surface area contributed by atoms with Crippen LogP contribution in [0.1, 0.15) is 16.1 Å². The number of furan rings is 1. The number of hydrogen-bond acceptors (Lipinski definition) is 3. The minimum Gasteiger partial charge on any atom is -0.451 e. The maximum atomic E-state index is 12.4. The molecule has 0 spiro atoms. The second-order valence-electron chi connectivity index (χ2n) is 5.32. The van der Waals surface area contributed by atoms with Crippen molar-refractivity contribution in [2.45, 2.75) is 6.92 Å². The minimum atomic E-state index is -0.354. The Morgan fingerprint density at radius 1 is 1.08 bits per heavy atom. The fourth-order valence-electron chi connectivity index (χ4n) is 2.30. The lowest BCUT2D eigenvalue weighted by atomic mass is 10.2. The van der Waals surface area contributed by atoms with Gasteiger partial charge in [0.1, 0.15) is 5.76 Å². The normalized spacial score (nSPS) is 10.6. The van der Waals surface area contributed by atoms with Crippen molar-refractivity contribution in [2.75, 3.05) is 11.1 Å². The van der Waals surface area contributed by atoms with E-state index in [1.807, 2.05) is 6.92 Å². The lowest BCUT2D eigenvalue weighted by Crippen LogP contribution is -2.11. The van der Waals surface area contributed by atoms with Crippen LogP contribution in [0.4, 0.5) is 11.4 Å². The number of amides is 1. The Hall–Kier alpha value is -2.43. The molecule has 0 aliphatic rings. The quantitative estimate of drug-likeness (QED) is 0.614. The van der Waals surface area contributed by atoms with E-state index in [1.54, 1.807) is 48.5 Å². The maximum absolute atomic E-state index is 12.4. The molecule has 122 valence electrons. The number of benzene rings is 2. The molecule has 1 amide bonds. The van der Waals surface area contributed by atoms with Crippen molar-refractivity contribution in [1.82, 2.24) is 0 Å². The van der Waals surface area contributed by atoms with Crippen molar-refractivity contribution >= 4 is 40.5 Å². The number of carbonyl (C=O) groups is 1. The number of anilines is 2. The summed E-state index contributed by atoms with van der Waals surface area (Å²) in [6.45, 7) is 1.87. The standard InChI is InChI=1S/C18H14Cl2N2O2/c1-10-8-12(21)3-5-15(10)22-18(23)17-7-6-16(24-17)13-9-11(19)2-4-14(13)20/h2-9H,21H2,1H3,(H,22,23).